The molecule has 0 amide bonds. The minimum absolute atomic E-state index is 0.296. The van der Waals surface area contributed by atoms with Crippen LogP contribution in [0.4, 0.5) is 4.39 Å². The Labute approximate surface area is 86.4 Å². The molecule has 15 heavy (non-hydrogen) atoms. The Morgan fingerprint density at radius 3 is 2.53 bits per heavy atom. The van der Waals surface area contributed by atoms with Crippen molar-refractivity contribution in [1.29, 1.82) is 0 Å². The summed E-state index contributed by atoms with van der Waals surface area (Å²) in [4.78, 5) is 14.7. The van der Waals surface area contributed by atoms with E-state index in [1.807, 2.05) is 0 Å². The highest BCUT2D eigenvalue weighted by Crippen LogP contribution is 2.21. The molecule has 1 aromatic heterocycles. The molecule has 0 saturated heterocycles. The van der Waals surface area contributed by atoms with E-state index >= 15 is 0 Å². The molecule has 0 N–H and O–H groups in total. The molecule has 0 aliphatic heterocycles. The fourth-order valence-corrected chi connectivity index (χ4v) is 1.38. The Bertz CT molecular complexity index is 479. The van der Waals surface area contributed by atoms with Gasteiger partial charge in [-0.3, -0.25) is 9.78 Å². The minimum Gasteiger partial charge on any atom is -0.296 e. The molecule has 2 rings (SSSR count). The number of carbonyl (C=O) groups is 1. The Balaban J connectivity index is 2.53. The van der Waals surface area contributed by atoms with Crippen LogP contribution in [0, 0.1) is 5.82 Å². The Morgan fingerprint density at radius 2 is 1.87 bits per heavy atom. The van der Waals surface area contributed by atoms with Crippen molar-refractivity contribution >= 4 is 6.29 Å². The zero-order valence-corrected chi connectivity index (χ0v) is 7.85. The Morgan fingerprint density at radius 1 is 1.13 bits per heavy atom. The van der Waals surface area contributed by atoms with E-state index in [4.69, 9.17) is 0 Å². The molecule has 0 bridgehead atoms. The molecule has 0 aliphatic rings. The van der Waals surface area contributed by atoms with E-state index in [1.54, 1.807) is 30.5 Å². The van der Waals surface area contributed by atoms with Gasteiger partial charge in [0.25, 0.3) is 0 Å². The molecule has 1 aromatic carbocycles. The van der Waals surface area contributed by atoms with E-state index in [-0.39, 0.29) is 5.82 Å². The molecular weight excluding hydrogens is 193 g/mol. The van der Waals surface area contributed by atoms with Gasteiger partial charge in [0.05, 0.1) is 0 Å². The molecule has 0 atom stereocenters. The van der Waals surface area contributed by atoms with Crippen molar-refractivity contribution in [3.8, 4) is 11.1 Å². The maximum absolute atomic E-state index is 12.7. The fourth-order valence-electron chi connectivity index (χ4n) is 1.38. The number of carbonyl (C=O) groups excluding carboxylic acids is 1. The average Bonchev–Trinajstić information content (AvgIpc) is 2.30. The van der Waals surface area contributed by atoms with Crippen LogP contribution in [0.1, 0.15) is 10.5 Å². The van der Waals surface area contributed by atoms with Crippen LogP contribution in [-0.4, -0.2) is 11.3 Å². The fraction of sp³-hybridized carbons (Fsp3) is 0. The molecular formula is C12H8FNO. The number of hydrogen-bond acceptors (Lipinski definition) is 2. The third kappa shape index (κ3) is 1.91. The van der Waals surface area contributed by atoms with Crippen molar-refractivity contribution < 1.29 is 9.18 Å². The molecule has 74 valence electrons. The molecule has 1 heterocycles. The minimum atomic E-state index is -0.296. The zero-order valence-electron chi connectivity index (χ0n) is 7.85. The number of halogens is 1. The lowest BCUT2D eigenvalue weighted by Gasteiger charge is -2.03. The maximum atomic E-state index is 12.7. The standard InChI is InChI=1S/C12H8FNO/c13-10-5-3-9(4-6-10)11-2-1-7-14-12(11)8-15/h1-8H. The molecule has 3 heteroatoms. The van der Waals surface area contributed by atoms with Crippen molar-refractivity contribution in [2.45, 2.75) is 0 Å². The van der Waals surface area contributed by atoms with Crippen LogP contribution in [0.15, 0.2) is 42.6 Å². The Kier molecular flexibility index (Phi) is 2.54. The van der Waals surface area contributed by atoms with Crippen molar-refractivity contribution in [2.24, 2.45) is 0 Å². The highest BCUT2D eigenvalue weighted by Gasteiger charge is 2.04. The lowest BCUT2D eigenvalue weighted by Crippen LogP contribution is -1.90. The average molecular weight is 201 g/mol. The molecule has 0 fully saturated rings. The summed E-state index contributed by atoms with van der Waals surface area (Å²) in [7, 11) is 0. The molecule has 0 unspecified atom stereocenters. The van der Waals surface area contributed by atoms with E-state index in [1.165, 1.54) is 12.1 Å². The second-order valence-electron chi connectivity index (χ2n) is 3.06. The second-order valence-corrected chi connectivity index (χ2v) is 3.06. The largest absolute Gasteiger partial charge is 0.296 e. The van der Waals surface area contributed by atoms with E-state index in [0.29, 0.717) is 17.5 Å². The molecule has 2 nitrogen and oxygen atoms in total. The number of aldehydes is 1. The number of nitrogens with zero attached hydrogens (tertiary/aromatic N) is 1. The normalized spacial score (nSPS) is 9.93. The summed E-state index contributed by atoms with van der Waals surface area (Å²) in [6, 6.07) is 9.49. The van der Waals surface area contributed by atoms with E-state index in [9.17, 15) is 9.18 Å². The first-order valence-electron chi connectivity index (χ1n) is 4.47. The van der Waals surface area contributed by atoms with E-state index in [2.05, 4.69) is 4.98 Å². The SMILES string of the molecule is O=Cc1ncccc1-c1ccc(F)cc1. The van der Waals surface area contributed by atoms with Gasteiger partial charge in [-0.2, -0.15) is 0 Å². The van der Waals surface area contributed by atoms with Crippen LogP contribution in [0.5, 0.6) is 0 Å². The molecule has 2 aromatic rings. The second kappa shape index (κ2) is 4.00. The van der Waals surface area contributed by atoms with Gasteiger partial charge >= 0.3 is 0 Å². The van der Waals surface area contributed by atoms with Gasteiger partial charge < -0.3 is 0 Å². The zero-order chi connectivity index (χ0) is 10.7. The smallest absolute Gasteiger partial charge is 0.169 e. The van der Waals surface area contributed by atoms with Crippen LogP contribution in [0.2, 0.25) is 0 Å². The van der Waals surface area contributed by atoms with Gasteiger partial charge in [-0.25, -0.2) is 4.39 Å². The van der Waals surface area contributed by atoms with Crippen molar-refractivity contribution in [3.63, 3.8) is 0 Å². The first-order chi connectivity index (χ1) is 7.31. The van der Waals surface area contributed by atoms with Gasteiger partial charge in [0.2, 0.25) is 0 Å². The van der Waals surface area contributed by atoms with E-state index < -0.39 is 0 Å². The molecule has 0 aliphatic carbocycles. The van der Waals surface area contributed by atoms with Gasteiger partial charge in [-0.1, -0.05) is 18.2 Å². The third-order valence-corrected chi connectivity index (χ3v) is 2.11. The van der Waals surface area contributed by atoms with Crippen LogP contribution >= 0.6 is 0 Å². The first-order valence-corrected chi connectivity index (χ1v) is 4.47. The first kappa shape index (κ1) is 9.52. The van der Waals surface area contributed by atoms with Crippen molar-refractivity contribution in [2.75, 3.05) is 0 Å². The monoisotopic (exact) mass is 201 g/mol. The molecule has 0 radical (unpaired) electrons. The van der Waals surface area contributed by atoms with Crippen LogP contribution in [-0.2, 0) is 0 Å². The summed E-state index contributed by atoms with van der Waals surface area (Å²) in [6.45, 7) is 0. The predicted octanol–water partition coefficient (Wildman–Crippen LogP) is 2.70. The summed E-state index contributed by atoms with van der Waals surface area (Å²) in [6.07, 6.45) is 2.25. The van der Waals surface area contributed by atoms with Gasteiger partial charge in [-0.05, 0) is 23.8 Å². The van der Waals surface area contributed by atoms with Gasteiger partial charge in [-0.15, -0.1) is 0 Å². The highest BCUT2D eigenvalue weighted by molar-refractivity contribution is 5.84. The van der Waals surface area contributed by atoms with Gasteiger partial charge in [0.1, 0.15) is 11.5 Å². The number of hydrogen-bond donors (Lipinski definition) is 0. The van der Waals surface area contributed by atoms with Crippen LogP contribution in [0.3, 0.4) is 0 Å². The summed E-state index contributed by atoms with van der Waals surface area (Å²) in [5.41, 5.74) is 1.86. The maximum Gasteiger partial charge on any atom is 0.169 e. The Hall–Kier alpha value is -2.03. The van der Waals surface area contributed by atoms with E-state index in [0.717, 1.165) is 5.56 Å². The van der Waals surface area contributed by atoms with Crippen LogP contribution < -0.4 is 0 Å². The van der Waals surface area contributed by atoms with Gasteiger partial charge in [0, 0.05) is 11.8 Å². The van der Waals surface area contributed by atoms with Gasteiger partial charge in [0.15, 0.2) is 6.29 Å². The summed E-state index contributed by atoms with van der Waals surface area (Å²) >= 11 is 0. The number of benzene rings is 1. The number of aromatic nitrogens is 1. The quantitative estimate of drug-likeness (QED) is 0.699. The van der Waals surface area contributed by atoms with Crippen molar-refractivity contribution in [3.05, 3.63) is 54.1 Å². The van der Waals surface area contributed by atoms with Crippen LogP contribution in [0.25, 0.3) is 11.1 Å². The summed E-state index contributed by atoms with van der Waals surface area (Å²) in [5, 5.41) is 0. The predicted molar refractivity (Wildman–Crippen MR) is 55.0 cm³/mol. The topological polar surface area (TPSA) is 30.0 Å². The number of rotatable bonds is 2. The molecule has 0 saturated carbocycles. The lowest BCUT2D eigenvalue weighted by atomic mass is 10.0. The lowest BCUT2D eigenvalue weighted by molar-refractivity contribution is 0.111. The highest BCUT2D eigenvalue weighted by atomic mass is 19.1. The molecule has 0 spiro atoms. The third-order valence-electron chi connectivity index (χ3n) is 2.11. The van der Waals surface area contributed by atoms with Crippen molar-refractivity contribution in [1.82, 2.24) is 4.98 Å². The summed E-state index contributed by atoms with van der Waals surface area (Å²) in [5.74, 6) is -0.296. The summed E-state index contributed by atoms with van der Waals surface area (Å²) < 4.78 is 12.7. The number of pyridine rings is 1.